The van der Waals surface area contributed by atoms with E-state index in [1.165, 1.54) is 18.2 Å². The predicted molar refractivity (Wildman–Crippen MR) is 101 cm³/mol. The summed E-state index contributed by atoms with van der Waals surface area (Å²) in [5, 5.41) is 12.1. The molecule has 0 aromatic heterocycles. The summed E-state index contributed by atoms with van der Waals surface area (Å²) in [6.45, 7) is 0.191. The van der Waals surface area contributed by atoms with Crippen molar-refractivity contribution < 1.29 is 13.9 Å². The number of nitrogens with one attached hydrogen (secondary N) is 1. The van der Waals surface area contributed by atoms with Crippen molar-refractivity contribution in [3.05, 3.63) is 56.8 Å². The normalized spacial score (nSPS) is 13.5. The molecule has 1 N–H and O–H groups in total. The number of nitrogens with zero attached hydrogens (tertiary/aromatic N) is 2. The average Bonchev–Trinajstić information content (AvgIpc) is 2.91. The highest BCUT2D eigenvalue weighted by Gasteiger charge is 2.25. The Morgan fingerprint density at radius 3 is 2.85 bits per heavy atom. The lowest BCUT2D eigenvalue weighted by Crippen LogP contribution is -2.27. The molecule has 3 rings (SSSR count). The van der Waals surface area contributed by atoms with E-state index in [2.05, 4.69) is 21.2 Å². The van der Waals surface area contributed by atoms with E-state index < -0.39 is 5.82 Å². The van der Waals surface area contributed by atoms with Gasteiger partial charge in [-0.3, -0.25) is 4.79 Å². The predicted octanol–water partition coefficient (Wildman–Crippen LogP) is 4.12. The number of nitriles is 1. The van der Waals surface area contributed by atoms with Crippen LogP contribution in [0.15, 0.2) is 34.8 Å². The SMILES string of the molecule is N#Cc1cc(Cl)cc(Oc2c(Br)ccc(CN3CC(=O)NC3=S)c2F)c1. The number of halogens is 3. The van der Waals surface area contributed by atoms with E-state index in [0.717, 1.165) is 0 Å². The molecule has 0 spiro atoms. The largest absolute Gasteiger partial charge is 0.453 e. The summed E-state index contributed by atoms with van der Waals surface area (Å²) in [6.07, 6.45) is 0. The Morgan fingerprint density at radius 1 is 1.42 bits per heavy atom. The number of carbonyl (C=O) groups is 1. The van der Waals surface area contributed by atoms with Crippen LogP contribution in [0, 0.1) is 17.1 Å². The third-order valence-electron chi connectivity index (χ3n) is 3.58. The molecule has 0 bridgehead atoms. The minimum absolute atomic E-state index is 0.0435. The van der Waals surface area contributed by atoms with Crippen LogP contribution in [0.25, 0.3) is 0 Å². The molecule has 26 heavy (non-hydrogen) atoms. The molecule has 1 amide bonds. The van der Waals surface area contributed by atoms with E-state index in [0.29, 0.717) is 20.6 Å². The number of hydrogen-bond donors (Lipinski definition) is 1. The lowest BCUT2D eigenvalue weighted by molar-refractivity contribution is -0.118. The van der Waals surface area contributed by atoms with Gasteiger partial charge in [0.15, 0.2) is 16.7 Å². The van der Waals surface area contributed by atoms with Crippen LogP contribution < -0.4 is 10.1 Å². The molecular formula is C17H10BrClFN3O2S. The minimum atomic E-state index is -0.597. The fraction of sp³-hybridized carbons (Fsp3) is 0.118. The third-order valence-corrected chi connectivity index (χ3v) is 4.78. The van der Waals surface area contributed by atoms with Crippen molar-refractivity contribution in [1.82, 2.24) is 10.2 Å². The molecular weight excluding hydrogens is 445 g/mol. The summed E-state index contributed by atoms with van der Waals surface area (Å²) in [7, 11) is 0. The van der Waals surface area contributed by atoms with Gasteiger partial charge in [0, 0.05) is 17.1 Å². The second-order valence-electron chi connectivity index (χ2n) is 5.45. The van der Waals surface area contributed by atoms with Gasteiger partial charge in [-0.1, -0.05) is 17.7 Å². The molecule has 0 atom stereocenters. The van der Waals surface area contributed by atoms with E-state index in [9.17, 15) is 9.18 Å². The molecule has 5 nitrogen and oxygen atoms in total. The van der Waals surface area contributed by atoms with Gasteiger partial charge < -0.3 is 15.0 Å². The van der Waals surface area contributed by atoms with Gasteiger partial charge in [-0.2, -0.15) is 5.26 Å². The molecule has 1 fully saturated rings. The van der Waals surface area contributed by atoms with Crippen molar-refractivity contribution in [2.24, 2.45) is 0 Å². The lowest BCUT2D eigenvalue weighted by atomic mass is 10.2. The molecule has 1 aliphatic rings. The van der Waals surface area contributed by atoms with E-state index in [1.807, 2.05) is 6.07 Å². The Balaban J connectivity index is 1.91. The minimum Gasteiger partial charge on any atom is -0.453 e. The molecule has 0 radical (unpaired) electrons. The van der Waals surface area contributed by atoms with E-state index in [1.54, 1.807) is 17.0 Å². The Bertz CT molecular complexity index is 964. The van der Waals surface area contributed by atoms with Crippen LogP contribution in [0.3, 0.4) is 0 Å². The standard InChI is InChI=1S/C17H10BrClFN3O2S/c18-13-2-1-10(7-23-8-14(24)22-17(23)26)15(20)16(13)25-12-4-9(6-21)3-11(19)5-12/h1-5H,7-8H2,(H,22,24,26). The zero-order chi connectivity index (χ0) is 18.8. The Labute approximate surface area is 167 Å². The Kier molecular flexibility index (Phi) is 5.41. The van der Waals surface area contributed by atoms with Crippen LogP contribution in [0.5, 0.6) is 11.5 Å². The van der Waals surface area contributed by atoms with Crippen molar-refractivity contribution >= 4 is 50.8 Å². The number of ether oxygens (including phenoxy) is 1. The average molecular weight is 455 g/mol. The molecule has 1 heterocycles. The van der Waals surface area contributed by atoms with Gasteiger partial charge in [-0.25, -0.2) is 4.39 Å². The molecule has 0 aliphatic carbocycles. The second-order valence-corrected chi connectivity index (χ2v) is 7.13. The maximum atomic E-state index is 15.0. The summed E-state index contributed by atoms with van der Waals surface area (Å²) < 4.78 is 21.0. The third kappa shape index (κ3) is 3.96. The molecule has 1 saturated heterocycles. The molecule has 0 saturated carbocycles. The van der Waals surface area contributed by atoms with Crippen molar-refractivity contribution in [3.8, 4) is 17.6 Å². The summed E-state index contributed by atoms with van der Waals surface area (Å²) in [6, 6.07) is 9.61. The van der Waals surface area contributed by atoms with Gasteiger partial charge in [0.05, 0.1) is 22.7 Å². The second kappa shape index (κ2) is 7.58. The zero-order valence-electron chi connectivity index (χ0n) is 13.1. The van der Waals surface area contributed by atoms with Crippen LogP contribution >= 0.6 is 39.7 Å². The first-order chi connectivity index (χ1) is 12.4. The Morgan fingerprint density at radius 2 is 2.19 bits per heavy atom. The maximum absolute atomic E-state index is 15.0. The highest BCUT2D eigenvalue weighted by Crippen LogP contribution is 2.35. The molecule has 2 aromatic carbocycles. The highest BCUT2D eigenvalue weighted by atomic mass is 79.9. The number of amides is 1. The number of carbonyl (C=O) groups excluding carboxylic acids is 1. The monoisotopic (exact) mass is 453 g/mol. The number of thiocarbonyl (C=S) groups is 1. The molecule has 1 aliphatic heterocycles. The topological polar surface area (TPSA) is 65.4 Å². The van der Waals surface area contributed by atoms with Crippen LogP contribution in [-0.2, 0) is 11.3 Å². The first-order valence-electron chi connectivity index (χ1n) is 7.31. The first-order valence-corrected chi connectivity index (χ1v) is 8.89. The lowest BCUT2D eigenvalue weighted by Gasteiger charge is -2.18. The smallest absolute Gasteiger partial charge is 0.245 e. The van der Waals surface area contributed by atoms with Crippen LogP contribution in [-0.4, -0.2) is 22.5 Å². The van der Waals surface area contributed by atoms with Gasteiger partial charge >= 0.3 is 0 Å². The van der Waals surface area contributed by atoms with Crippen molar-refractivity contribution in [2.75, 3.05) is 6.54 Å². The fourth-order valence-corrected chi connectivity index (χ4v) is 3.26. The van der Waals surface area contributed by atoms with Crippen LogP contribution in [0.1, 0.15) is 11.1 Å². The first kappa shape index (κ1) is 18.6. The summed E-state index contributed by atoms with van der Waals surface area (Å²) in [5.41, 5.74) is 0.608. The van der Waals surface area contributed by atoms with E-state index in [-0.39, 0.29) is 35.6 Å². The number of rotatable bonds is 4. The Hall–Kier alpha value is -2.21. The zero-order valence-corrected chi connectivity index (χ0v) is 16.2. The molecule has 132 valence electrons. The van der Waals surface area contributed by atoms with Crippen LogP contribution in [0.4, 0.5) is 4.39 Å². The summed E-state index contributed by atoms with van der Waals surface area (Å²) in [5.74, 6) is -0.635. The van der Waals surface area contributed by atoms with Crippen molar-refractivity contribution in [2.45, 2.75) is 6.54 Å². The van der Waals surface area contributed by atoms with Crippen molar-refractivity contribution in [3.63, 3.8) is 0 Å². The van der Waals surface area contributed by atoms with Crippen molar-refractivity contribution in [1.29, 1.82) is 5.26 Å². The summed E-state index contributed by atoms with van der Waals surface area (Å²) in [4.78, 5) is 12.9. The molecule has 2 aromatic rings. The van der Waals surface area contributed by atoms with Gasteiger partial charge in [-0.05, 0) is 52.4 Å². The van der Waals surface area contributed by atoms with E-state index in [4.69, 9.17) is 33.8 Å². The molecule has 0 unspecified atom stereocenters. The van der Waals surface area contributed by atoms with Gasteiger partial charge in [-0.15, -0.1) is 0 Å². The van der Waals surface area contributed by atoms with Gasteiger partial charge in [0.2, 0.25) is 5.91 Å². The fourth-order valence-electron chi connectivity index (χ4n) is 2.41. The van der Waals surface area contributed by atoms with Gasteiger partial charge in [0.1, 0.15) is 5.75 Å². The number of hydrogen-bond acceptors (Lipinski definition) is 4. The maximum Gasteiger partial charge on any atom is 0.245 e. The van der Waals surface area contributed by atoms with Crippen LogP contribution in [0.2, 0.25) is 5.02 Å². The number of benzene rings is 2. The molecule has 9 heteroatoms. The van der Waals surface area contributed by atoms with Gasteiger partial charge in [0.25, 0.3) is 0 Å². The summed E-state index contributed by atoms with van der Waals surface area (Å²) >= 11 is 14.3. The van der Waals surface area contributed by atoms with E-state index >= 15 is 0 Å². The quantitative estimate of drug-likeness (QED) is 0.704. The highest BCUT2D eigenvalue weighted by molar-refractivity contribution is 9.10.